The minimum absolute atomic E-state index is 0.406. The van der Waals surface area contributed by atoms with E-state index in [0.717, 1.165) is 27.7 Å². The van der Waals surface area contributed by atoms with E-state index >= 15 is 0 Å². The molecule has 25 heavy (non-hydrogen) atoms. The first-order chi connectivity index (χ1) is 12.2. The lowest BCUT2D eigenvalue weighted by atomic mass is 9.96. The number of para-hydroxylation sites is 1. The van der Waals surface area contributed by atoms with Crippen LogP contribution in [0.4, 0.5) is 0 Å². The average Bonchev–Trinajstić information content (AvgIpc) is 3.01. The number of aromatic nitrogens is 1. The van der Waals surface area contributed by atoms with Crippen LogP contribution >= 0.6 is 0 Å². The van der Waals surface area contributed by atoms with Crippen LogP contribution in [-0.2, 0) is 16.1 Å². The third-order valence-corrected chi connectivity index (χ3v) is 4.54. The van der Waals surface area contributed by atoms with Crippen LogP contribution in [0.3, 0.4) is 0 Å². The van der Waals surface area contributed by atoms with Crippen LogP contribution in [-0.4, -0.2) is 17.6 Å². The largest absolute Gasteiger partial charge is 0.465 e. The van der Waals surface area contributed by atoms with Crippen molar-refractivity contribution in [3.05, 3.63) is 83.1 Å². The first kappa shape index (κ1) is 15.3. The number of rotatable bonds is 2. The zero-order chi connectivity index (χ0) is 17.4. The molecule has 0 saturated heterocycles. The van der Waals surface area contributed by atoms with Gasteiger partial charge in [0.15, 0.2) is 0 Å². The monoisotopic (exact) mass is 330 g/mol. The summed E-state index contributed by atoms with van der Waals surface area (Å²) in [6.07, 6.45) is 2.00. The highest BCUT2D eigenvalue weighted by atomic mass is 16.5. The van der Waals surface area contributed by atoms with Gasteiger partial charge in [0, 0.05) is 17.4 Å². The number of carbonyl (C=O) groups excluding carboxylic acids is 1. The van der Waals surface area contributed by atoms with Crippen molar-refractivity contribution in [1.29, 1.82) is 0 Å². The predicted octanol–water partition coefficient (Wildman–Crippen LogP) is 3.58. The van der Waals surface area contributed by atoms with Crippen molar-refractivity contribution in [1.82, 2.24) is 4.57 Å². The minimum atomic E-state index is -0.406. The summed E-state index contributed by atoms with van der Waals surface area (Å²) >= 11 is 0. The molecule has 124 valence electrons. The van der Waals surface area contributed by atoms with E-state index in [-0.39, 0.29) is 0 Å². The van der Waals surface area contributed by atoms with Crippen molar-refractivity contribution in [2.24, 2.45) is 5.73 Å². The Kier molecular flexibility index (Phi) is 3.65. The second kappa shape index (κ2) is 5.98. The number of hydrogen-bond donors (Lipinski definition) is 1. The fourth-order valence-electron chi connectivity index (χ4n) is 3.37. The Morgan fingerprint density at radius 3 is 2.60 bits per heavy atom. The molecule has 0 radical (unpaired) electrons. The van der Waals surface area contributed by atoms with Crippen molar-refractivity contribution < 1.29 is 9.53 Å². The van der Waals surface area contributed by atoms with Crippen LogP contribution in [0, 0.1) is 0 Å². The van der Waals surface area contributed by atoms with E-state index in [9.17, 15) is 4.79 Å². The molecular weight excluding hydrogens is 312 g/mol. The van der Waals surface area contributed by atoms with Gasteiger partial charge in [-0.25, -0.2) is 4.79 Å². The number of hydrogen-bond acceptors (Lipinski definition) is 3. The zero-order valence-electron chi connectivity index (χ0n) is 13.9. The molecule has 0 atom stereocenters. The van der Waals surface area contributed by atoms with Gasteiger partial charge in [-0.3, -0.25) is 0 Å². The first-order valence-electron chi connectivity index (χ1n) is 8.11. The highest BCUT2D eigenvalue weighted by Crippen LogP contribution is 2.34. The minimum Gasteiger partial charge on any atom is -0.465 e. The summed E-state index contributed by atoms with van der Waals surface area (Å²) in [5, 5.41) is 1.10. The fraction of sp³-hybridized carbons (Fsp3) is 0.0952. The Morgan fingerprint density at radius 2 is 1.84 bits per heavy atom. The van der Waals surface area contributed by atoms with Gasteiger partial charge in [0.2, 0.25) is 0 Å². The van der Waals surface area contributed by atoms with Gasteiger partial charge in [0.25, 0.3) is 0 Å². The van der Waals surface area contributed by atoms with Gasteiger partial charge in [-0.1, -0.05) is 48.5 Å². The van der Waals surface area contributed by atoms with Crippen molar-refractivity contribution in [2.45, 2.75) is 6.54 Å². The summed E-state index contributed by atoms with van der Waals surface area (Å²) in [6.45, 7) is 0.572. The molecule has 4 rings (SSSR count). The van der Waals surface area contributed by atoms with Gasteiger partial charge < -0.3 is 15.0 Å². The Morgan fingerprint density at radius 1 is 1.12 bits per heavy atom. The number of ether oxygens (including phenoxy) is 1. The van der Waals surface area contributed by atoms with E-state index < -0.39 is 5.97 Å². The summed E-state index contributed by atoms with van der Waals surface area (Å²) in [7, 11) is 1.38. The van der Waals surface area contributed by atoms with Gasteiger partial charge in [-0.2, -0.15) is 0 Å². The summed E-state index contributed by atoms with van der Waals surface area (Å²) in [4.78, 5) is 12.4. The molecule has 2 heterocycles. The summed E-state index contributed by atoms with van der Waals surface area (Å²) in [5.41, 5.74) is 11.1. The smallest absolute Gasteiger partial charge is 0.340 e. The molecule has 0 bridgehead atoms. The molecule has 0 saturated carbocycles. The second-order valence-electron chi connectivity index (χ2n) is 6.04. The number of esters is 1. The van der Waals surface area contributed by atoms with E-state index in [1.54, 1.807) is 0 Å². The van der Waals surface area contributed by atoms with Crippen LogP contribution < -0.4 is 5.73 Å². The SMILES string of the molecule is COC(=O)C1=C(N)c2cc3ccccc3n2C/C1=C\c1ccccc1. The Hall–Kier alpha value is -3.27. The lowest BCUT2D eigenvalue weighted by molar-refractivity contribution is -0.135. The number of methoxy groups -OCH3 is 1. The lowest BCUT2D eigenvalue weighted by Gasteiger charge is -2.23. The van der Waals surface area contributed by atoms with E-state index in [4.69, 9.17) is 10.5 Å². The first-order valence-corrected chi connectivity index (χ1v) is 8.11. The highest BCUT2D eigenvalue weighted by molar-refractivity contribution is 6.04. The molecule has 0 aliphatic carbocycles. The van der Waals surface area contributed by atoms with Crippen molar-refractivity contribution in [3.63, 3.8) is 0 Å². The van der Waals surface area contributed by atoms with Crippen LogP contribution in [0.15, 0.2) is 71.8 Å². The normalized spacial score (nSPS) is 15.5. The molecule has 2 aromatic carbocycles. The third-order valence-electron chi connectivity index (χ3n) is 4.54. The predicted molar refractivity (Wildman–Crippen MR) is 99.5 cm³/mol. The van der Waals surface area contributed by atoms with Crippen molar-refractivity contribution in [2.75, 3.05) is 7.11 Å². The maximum absolute atomic E-state index is 12.4. The van der Waals surface area contributed by atoms with Gasteiger partial charge in [0.05, 0.1) is 24.1 Å². The Labute approximate surface area is 145 Å². The summed E-state index contributed by atoms with van der Waals surface area (Å²) < 4.78 is 7.13. The van der Waals surface area contributed by atoms with Crippen LogP contribution in [0.5, 0.6) is 0 Å². The zero-order valence-corrected chi connectivity index (χ0v) is 13.9. The van der Waals surface area contributed by atoms with Gasteiger partial charge in [-0.05, 0) is 29.3 Å². The summed E-state index contributed by atoms with van der Waals surface area (Å²) in [5.74, 6) is -0.406. The Balaban J connectivity index is 1.95. The number of carbonyl (C=O) groups is 1. The molecule has 0 spiro atoms. The van der Waals surface area contributed by atoms with Crippen LogP contribution in [0.1, 0.15) is 11.3 Å². The molecule has 2 N–H and O–H groups in total. The molecular formula is C21H18N2O2. The molecule has 4 nitrogen and oxygen atoms in total. The molecule has 0 fully saturated rings. The Bertz CT molecular complexity index is 1030. The molecule has 0 unspecified atom stereocenters. The molecule has 0 amide bonds. The van der Waals surface area contributed by atoms with Crippen LogP contribution in [0.2, 0.25) is 0 Å². The maximum Gasteiger partial charge on any atom is 0.340 e. The van der Waals surface area contributed by atoms with Crippen molar-refractivity contribution in [3.8, 4) is 0 Å². The molecule has 4 heteroatoms. The van der Waals surface area contributed by atoms with Crippen LogP contribution in [0.25, 0.3) is 22.7 Å². The summed E-state index contributed by atoms with van der Waals surface area (Å²) in [6, 6.07) is 20.0. The third kappa shape index (κ3) is 2.52. The molecule has 3 aromatic rings. The average molecular weight is 330 g/mol. The fourth-order valence-corrected chi connectivity index (χ4v) is 3.37. The van der Waals surface area contributed by atoms with Gasteiger partial charge in [-0.15, -0.1) is 0 Å². The highest BCUT2D eigenvalue weighted by Gasteiger charge is 2.28. The molecule has 1 aromatic heterocycles. The number of fused-ring (bicyclic) bond motifs is 3. The van der Waals surface area contributed by atoms with E-state index in [1.807, 2.05) is 60.7 Å². The number of benzene rings is 2. The quantitative estimate of drug-likeness (QED) is 0.731. The van der Waals surface area contributed by atoms with E-state index in [0.29, 0.717) is 17.8 Å². The molecule has 1 aliphatic rings. The van der Waals surface area contributed by atoms with E-state index in [2.05, 4.69) is 10.6 Å². The van der Waals surface area contributed by atoms with Gasteiger partial charge >= 0.3 is 5.97 Å². The van der Waals surface area contributed by atoms with Crippen molar-refractivity contribution >= 4 is 28.6 Å². The maximum atomic E-state index is 12.4. The topological polar surface area (TPSA) is 57.2 Å². The van der Waals surface area contributed by atoms with Gasteiger partial charge in [0.1, 0.15) is 0 Å². The van der Waals surface area contributed by atoms with E-state index in [1.165, 1.54) is 7.11 Å². The second-order valence-corrected chi connectivity index (χ2v) is 6.04. The molecule has 1 aliphatic heterocycles. The standard InChI is InChI=1S/C21H18N2O2/c1-25-21(24)19-16(11-14-7-3-2-4-8-14)13-23-17-10-6-5-9-15(17)12-18(23)20(19)22/h2-12H,13,22H2,1H3/b16-11+. The number of nitrogens with zero attached hydrogens (tertiary/aromatic N) is 1. The lowest BCUT2D eigenvalue weighted by Crippen LogP contribution is -2.23. The number of nitrogens with two attached hydrogens (primary N) is 1.